The second-order valence-corrected chi connectivity index (χ2v) is 3.62. The Morgan fingerprint density at radius 1 is 1.33 bits per heavy atom. The molecule has 0 bridgehead atoms. The summed E-state index contributed by atoms with van der Waals surface area (Å²) in [6.07, 6.45) is 1.95. The predicted octanol–water partition coefficient (Wildman–Crippen LogP) is 2.78. The highest BCUT2D eigenvalue weighted by molar-refractivity contribution is 7.16. The number of hydrogen-bond acceptors (Lipinski definition) is 2. The standard InChI is InChI=1S/C9H6N2S/c1-2-10-7-4-9-8(3-6(1)7)11-5-12-9/h1-5,10H. The summed E-state index contributed by atoms with van der Waals surface area (Å²) in [6.45, 7) is 0. The number of hydrogen-bond donors (Lipinski definition) is 1. The Labute approximate surface area is 72.9 Å². The van der Waals surface area contributed by atoms with Crippen molar-refractivity contribution in [3.63, 3.8) is 0 Å². The summed E-state index contributed by atoms with van der Waals surface area (Å²) in [6, 6.07) is 6.31. The van der Waals surface area contributed by atoms with Gasteiger partial charge in [-0.3, -0.25) is 0 Å². The van der Waals surface area contributed by atoms with Crippen molar-refractivity contribution in [2.75, 3.05) is 0 Å². The number of aromatic amines is 1. The molecule has 0 aliphatic carbocycles. The molecular weight excluding hydrogens is 168 g/mol. The van der Waals surface area contributed by atoms with Crippen molar-refractivity contribution in [2.24, 2.45) is 0 Å². The number of nitrogens with zero attached hydrogens (tertiary/aromatic N) is 1. The Balaban J connectivity index is 2.62. The predicted molar refractivity (Wildman–Crippen MR) is 51.5 cm³/mol. The minimum Gasteiger partial charge on any atom is -0.361 e. The van der Waals surface area contributed by atoms with Crippen molar-refractivity contribution in [2.45, 2.75) is 0 Å². The molecule has 1 N–H and O–H groups in total. The highest BCUT2D eigenvalue weighted by atomic mass is 32.1. The zero-order chi connectivity index (χ0) is 7.97. The molecule has 0 amide bonds. The van der Waals surface area contributed by atoms with Crippen molar-refractivity contribution in [1.82, 2.24) is 9.97 Å². The molecule has 3 aromatic rings. The zero-order valence-corrected chi connectivity index (χ0v) is 7.06. The molecule has 1 aromatic carbocycles. The first-order valence-corrected chi connectivity index (χ1v) is 4.62. The van der Waals surface area contributed by atoms with Gasteiger partial charge in [0.15, 0.2) is 0 Å². The molecule has 0 spiro atoms. The van der Waals surface area contributed by atoms with E-state index in [9.17, 15) is 0 Å². The van der Waals surface area contributed by atoms with Crippen LogP contribution < -0.4 is 0 Å². The van der Waals surface area contributed by atoms with Crippen LogP contribution in [-0.4, -0.2) is 9.97 Å². The number of benzene rings is 1. The van der Waals surface area contributed by atoms with Crippen molar-refractivity contribution < 1.29 is 0 Å². The van der Waals surface area contributed by atoms with Crippen molar-refractivity contribution in [3.05, 3.63) is 29.9 Å². The molecule has 12 heavy (non-hydrogen) atoms. The second-order valence-electron chi connectivity index (χ2n) is 2.74. The molecule has 0 saturated carbocycles. The maximum atomic E-state index is 4.25. The molecule has 2 aromatic heterocycles. The van der Waals surface area contributed by atoms with Crippen LogP contribution in [0.25, 0.3) is 21.1 Å². The van der Waals surface area contributed by atoms with Crippen LogP contribution in [0.1, 0.15) is 0 Å². The topological polar surface area (TPSA) is 28.7 Å². The highest BCUT2D eigenvalue weighted by Gasteiger charge is 1.99. The molecule has 0 radical (unpaired) electrons. The summed E-state index contributed by atoms with van der Waals surface area (Å²) in [5, 5.41) is 1.23. The Kier molecular flexibility index (Phi) is 1.07. The molecule has 3 heteroatoms. The van der Waals surface area contributed by atoms with Crippen LogP contribution in [0.4, 0.5) is 0 Å². The third kappa shape index (κ3) is 0.713. The van der Waals surface area contributed by atoms with E-state index in [1.54, 1.807) is 11.3 Å². The van der Waals surface area contributed by atoms with E-state index >= 15 is 0 Å². The minimum atomic E-state index is 1.09. The normalized spacial score (nSPS) is 11.3. The van der Waals surface area contributed by atoms with Gasteiger partial charge in [-0.05, 0) is 18.2 Å². The van der Waals surface area contributed by atoms with Crippen molar-refractivity contribution in [1.29, 1.82) is 0 Å². The van der Waals surface area contributed by atoms with E-state index < -0.39 is 0 Å². The molecular formula is C9H6N2S. The Morgan fingerprint density at radius 3 is 3.33 bits per heavy atom. The smallest absolute Gasteiger partial charge is 0.0819 e. The van der Waals surface area contributed by atoms with E-state index in [4.69, 9.17) is 0 Å². The van der Waals surface area contributed by atoms with Gasteiger partial charge < -0.3 is 4.98 Å². The number of H-pyrrole nitrogens is 1. The van der Waals surface area contributed by atoms with Gasteiger partial charge >= 0.3 is 0 Å². The lowest BCUT2D eigenvalue weighted by molar-refractivity contribution is 1.48. The third-order valence-corrected chi connectivity index (χ3v) is 2.80. The summed E-state index contributed by atoms with van der Waals surface area (Å²) in [5.41, 5.74) is 4.16. The van der Waals surface area contributed by atoms with Gasteiger partial charge in [0.25, 0.3) is 0 Å². The van der Waals surface area contributed by atoms with E-state index in [1.807, 2.05) is 11.7 Å². The largest absolute Gasteiger partial charge is 0.361 e. The molecule has 2 heterocycles. The van der Waals surface area contributed by atoms with Crippen LogP contribution in [0, 0.1) is 0 Å². The van der Waals surface area contributed by atoms with Gasteiger partial charge in [0.05, 0.1) is 15.7 Å². The van der Waals surface area contributed by atoms with Gasteiger partial charge in [-0.2, -0.15) is 0 Å². The van der Waals surface area contributed by atoms with Gasteiger partial charge in [-0.15, -0.1) is 11.3 Å². The van der Waals surface area contributed by atoms with Crippen LogP contribution in [0.5, 0.6) is 0 Å². The monoisotopic (exact) mass is 174 g/mol. The van der Waals surface area contributed by atoms with Gasteiger partial charge in [0.2, 0.25) is 0 Å². The average Bonchev–Trinajstić information content (AvgIpc) is 2.64. The van der Waals surface area contributed by atoms with Gasteiger partial charge in [-0.1, -0.05) is 0 Å². The molecule has 2 nitrogen and oxygen atoms in total. The van der Waals surface area contributed by atoms with Crippen LogP contribution >= 0.6 is 11.3 Å². The number of thiazole rings is 1. The van der Waals surface area contributed by atoms with Crippen molar-refractivity contribution in [3.8, 4) is 0 Å². The first-order valence-electron chi connectivity index (χ1n) is 3.74. The average molecular weight is 174 g/mol. The fourth-order valence-corrected chi connectivity index (χ4v) is 2.10. The number of fused-ring (bicyclic) bond motifs is 2. The van der Waals surface area contributed by atoms with Crippen LogP contribution in [0.15, 0.2) is 29.9 Å². The number of aromatic nitrogens is 2. The van der Waals surface area contributed by atoms with Crippen LogP contribution in [0.3, 0.4) is 0 Å². The molecule has 0 fully saturated rings. The lowest BCUT2D eigenvalue weighted by Gasteiger charge is -1.88. The zero-order valence-electron chi connectivity index (χ0n) is 6.24. The molecule has 0 saturated heterocycles. The first-order chi connectivity index (χ1) is 5.93. The van der Waals surface area contributed by atoms with E-state index in [1.165, 1.54) is 15.6 Å². The van der Waals surface area contributed by atoms with Crippen molar-refractivity contribution >= 4 is 32.5 Å². The molecule has 58 valence electrons. The SMILES string of the molecule is c1cc2cc3ncsc3cc2[nH]1. The lowest BCUT2D eigenvalue weighted by atomic mass is 10.2. The highest BCUT2D eigenvalue weighted by Crippen LogP contribution is 2.23. The summed E-state index contributed by atoms with van der Waals surface area (Å²) in [5.74, 6) is 0. The minimum absolute atomic E-state index is 1.09. The second kappa shape index (κ2) is 2.08. The van der Waals surface area contributed by atoms with Crippen LogP contribution in [0.2, 0.25) is 0 Å². The van der Waals surface area contributed by atoms with Gasteiger partial charge in [0.1, 0.15) is 0 Å². The molecule has 0 atom stereocenters. The Hall–Kier alpha value is -1.35. The first kappa shape index (κ1) is 6.20. The summed E-state index contributed by atoms with van der Waals surface area (Å²) >= 11 is 1.67. The quantitative estimate of drug-likeness (QED) is 0.557. The summed E-state index contributed by atoms with van der Waals surface area (Å²) in [7, 11) is 0. The van der Waals surface area contributed by atoms with Crippen LogP contribution in [-0.2, 0) is 0 Å². The number of rotatable bonds is 0. The number of nitrogens with one attached hydrogen (secondary N) is 1. The molecule has 0 unspecified atom stereocenters. The summed E-state index contributed by atoms with van der Waals surface area (Å²) < 4.78 is 1.24. The lowest BCUT2D eigenvalue weighted by Crippen LogP contribution is -1.68. The van der Waals surface area contributed by atoms with E-state index in [0.29, 0.717) is 0 Å². The Bertz CT molecular complexity index is 444. The maximum Gasteiger partial charge on any atom is 0.0819 e. The van der Waals surface area contributed by atoms with E-state index in [-0.39, 0.29) is 0 Å². The fraction of sp³-hybridized carbons (Fsp3) is 0. The van der Waals surface area contributed by atoms with Gasteiger partial charge in [-0.25, -0.2) is 4.98 Å². The van der Waals surface area contributed by atoms with Gasteiger partial charge in [0, 0.05) is 17.1 Å². The Morgan fingerprint density at radius 2 is 2.33 bits per heavy atom. The maximum absolute atomic E-state index is 4.25. The molecule has 0 aliphatic heterocycles. The molecule has 3 rings (SSSR count). The third-order valence-electron chi connectivity index (χ3n) is 2.00. The van der Waals surface area contributed by atoms with E-state index in [0.717, 1.165) is 5.52 Å². The fourth-order valence-electron chi connectivity index (χ4n) is 1.40. The van der Waals surface area contributed by atoms with E-state index in [2.05, 4.69) is 28.2 Å². The summed E-state index contributed by atoms with van der Waals surface area (Å²) in [4.78, 5) is 7.43. The molecule has 0 aliphatic rings.